The zero-order chi connectivity index (χ0) is 16.6. The van der Waals surface area contributed by atoms with Gasteiger partial charge in [-0.1, -0.05) is 39.3 Å². The standard InChI is InChI=1S/C21H34O2/c1-19(2)16-7-5-13-14-6-8-18(23)21(14,4)11-9-15(13)20(16,3)12-10-17(19)22/h7,13-15,17-18,22-23H,5-6,8-12H2,1-4H3/t13-,14-,15-,17-,18-,20+,21-/m0/s1. The molecule has 0 bridgehead atoms. The highest BCUT2D eigenvalue weighted by atomic mass is 16.3. The molecule has 4 aliphatic carbocycles. The minimum Gasteiger partial charge on any atom is -0.393 e. The lowest BCUT2D eigenvalue weighted by molar-refractivity contribution is -0.0870. The van der Waals surface area contributed by atoms with Crippen LogP contribution in [0.5, 0.6) is 0 Å². The number of aliphatic hydroxyl groups excluding tert-OH is 2. The highest BCUT2D eigenvalue weighted by Crippen LogP contribution is 2.66. The van der Waals surface area contributed by atoms with Crippen molar-refractivity contribution in [1.29, 1.82) is 0 Å². The summed E-state index contributed by atoms with van der Waals surface area (Å²) in [4.78, 5) is 0. The van der Waals surface area contributed by atoms with Crippen LogP contribution in [0, 0.1) is 34.0 Å². The van der Waals surface area contributed by atoms with E-state index in [1.807, 2.05) is 0 Å². The Morgan fingerprint density at radius 2 is 1.61 bits per heavy atom. The van der Waals surface area contributed by atoms with Crippen LogP contribution < -0.4 is 0 Å². The van der Waals surface area contributed by atoms with Gasteiger partial charge in [0.1, 0.15) is 0 Å². The molecule has 0 aromatic carbocycles. The van der Waals surface area contributed by atoms with Gasteiger partial charge in [0.25, 0.3) is 0 Å². The van der Waals surface area contributed by atoms with Gasteiger partial charge in [-0.15, -0.1) is 0 Å². The highest BCUT2D eigenvalue weighted by molar-refractivity contribution is 5.31. The Hall–Kier alpha value is -0.340. The summed E-state index contributed by atoms with van der Waals surface area (Å²) in [6.07, 6.45) is 10.1. The topological polar surface area (TPSA) is 40.5 Å². The van der Waals surface area contributed by atoms with Crippen molar-refractivity contribution in [2.75, 3.05) is 0 Å². The van der Waals surface area contributed by atoms with Gasteiger partial charge in [0, 0.05) is 5.41 Å². The van der Waals surface area contributed by atoms with Crippen molar-refractivity contribution in [1.82, 2.24) is 0 Å². The first-order valence-electron chi connectivity index (χ1n) is 9.78. The summed E-state index contributed by atoms with van der Waals surface area (Å²) in [6, 6.07) is 0. The summed E-state index contributed by atoms with van der Waals surface area (Å²) in [5.74, 6) is 2.18. The number of hydrogen-bond donors (Lipinski definition) is 2. The van der Waals surface area contributed by atoms with Gasteiger partial charge in [0.05, 0.1) is 12.2 Å². The van der Waals surface area contributed by atoms with E-state index in [4.69, 9.17) is 0 Å². The van der Waals surface area contributed by atoms with Gasteiger partial charge in [-0.25, -0.2) is 0 Å². The molecule has 130 valence electrons. The molecule has 0 aromatic rings. The molecule has 0 spiro atoms. The Kier molecular flexibility index (Phi) is 3.40. The zero-order valence-electron chi connectivity index (χ0n) is 15.3. The van der Waals surface area contributed by atoms with E-state index in [0.717, 1.165) is 31.1 Å². The van der Waals surface area contributed by atoms with Crippen LogP contribution in [0.4, 0.5) is 0 Å². The van der Waals surface area contributed by atoms with Crippen molar-refractivity contribution in [3.63, 3.8) is 0 Å². The van der Waals surface area contributed by atoms with Gasteiger partial charge in [-0.05, 0) is 73.5 Å². The molecular formula is C21H34O2. The summed E-state index contributed by atoms with van der Waals surface area (Å²) >= 11 is 0. The van der Waals surface area contributed by atoms with Crippen LogP contribution in [0.3, 0.4) is 0 Å². The first-order valence-corrected chi connectivity index (χ1v) is 9.78. The van der Waals surface area contributed by atoms with E-state index in [-0.39, 0.29) is 28.5 Å². The van der Waals surface area contributed by atoms with Gasteiger partial charge >= 0.3 is 0 Å². The minimum atomic E-state index is -0.194. The maximum Gasteiger partial charge on any atom is 0.0628 e. The number of aliphatic hydroxyl groups is 2. The third kappa shape index (κ3) is 1.94. The Balaban J connectivity index is 1.73. The second kappa shape index (κ2) is 4.85. The number of hydrogen-bond acceptors (Lipinski definition) is 2. The van der Waals surface area contributed by atoms with Gasteiger partial charge in [-0.3, -0.25) is 0 Å². The molecule has 0 aromatic heterocycles. The molecule has 0 saturated heterocycles. The van der Waals surface area contributed by atoms with Crippen molar-refractivity contribution in [2.24, 2.45) is 34.0 Å². The third-order valence-corrected chi connectivity index (χ3v) is 8.88. The molecule has 0 amide bonds. The number of allylic oxidation sites excluding steroid dienone is 1. The summed E-state index contributed by atoms with van der Waals surface area (Å²) in [7, 11) is 0. The van der Waals surface area contributed by atoms with Crippen LogP contribution in [-0.2, 0) is 0 Å². The zero-order valence-corrected chi connectivity index (χ0v) is 15.3. The molecule has 0 unspecified atom stereocenters. The van der Waals surface area contributed by atoms with Crippen molar-refractivity contribution < 1.29 is 10.2 Å². The number of rotatable bonds is 0. The lowest BCUT2D eigenvalue weighted by Gasteiger charge is -2.60. The maximum atomic E-state index is 10.5. The number of fused-ring (bicyclic) bond motifs is 5. The molecule has 2 nitrogen and oxygen atoms in total. The fourth-order valence-corrected chi connectivity index (χ4v) is 7.36. The average Bonchev–Trinajstić information content (AvgIpc) is 2.79. The molecule has 4 rings (SSSR count). The molecule has 0 radical (unpaired) electrons. The fourth-order valence-electron chi connectivity index (χ4n) is 7.36. The Morgan fingerprint density at radius 3 is 2.35 bits per heavy atom. The van der Waals surface area contributed by atoms with Crippen molar-refractivity contribution in [3.8, 4) is 0 Å². The predicted octanol–water partition coefficient (Wildman–Crippen LogP) is 4.31. The maximum absolute atomic E-state index is 10.5. The van der Waals surface area contributed by atoms with Crippen LogP contribution in [0.15, 0.2) is 11.6 Å². The summed E-state index contributed by atoms with van der Waals surface area (Å²) < 4.78 is 0. The van der Waals surface area contributed by atoms with Crippen LogP contribution in [-0.4, -0.2) is 22.4 Å². The summed E-state index contributed by atoms with van der Waals surface area (Å²) in [5.41, 5.74) is 1.88. The van der Waals surface area contributed by atoms with Gasteiger partial charge in [0.2, 0.25) is 0 Å². The van der Waals surface area contributed by atoms with Crippen LogP contribution >= 0.6 is 0 Å². The lowest BCUT2D eigenvalue weighted by Crippen LogP contribution is -2.54. The molecule has 4 aliphatic rings. The normalized spacial score (nSPS) is 54.7. The van der Waals surface area contributed by atoms with E-state index >= 15 is 0 Å². The van der Waals surface area contributed by atoms with Crippen LogP contribution in [0.1, 0.15) is 72.6 Å². The van der Waals surface area contributed by atoms with E-state index in [1.165, 1.54) is 31.3 Å². The third-order valence-electron chi connectivity index (χ3n) is 8.88. The van der Waals surface area contributed by atoms with Crippen molar-refractivity contribution in [2.45, 2.75) is 84.8 Å². The van der Waals surface area contributed by atoms with E-state index in [9.17, 15) is 10.2 Å². The molecule has 0 heterocycles. The first-order chi connectivity index (χ1) is 10.7. The van der Waals surface area contributed by atoms with Gasteiger partial charge < -0.3 is 10.2 Å². The van der Waals surface area contributed by atoms with Crippen molar-refractivity contribution >= 4 is 0 Å². The van der Waals surface area contributed by atoms with E-state index in [2.05, 4.69) is 33.8 Å². The van der Waals surface area contributed by atoms with E-state index in [0.29, 0.717) is 5.92 Å². The molecule has 7 atom stereocenters. The summed E-state index contributed by atoms with van der Waals surface area (Å²) in [5, 5.41) is 21.1. The van der Waals surface area contributed by atoms with Crippen molar-refractivity contribution in [3.05, 3.63) is 11.6 Å². The largest absolute Gasteiger partial charge is 0.393 e. The van der Waals surface area contributed by atoms with Crippen LogP contribution in [0.25, 0.3) is 0 Å². The molecule has 3 fully saturated rings. The second-order valence-electron chi connectivity index (χ2n) is 10.1. The lowest BCUT2D eigenvalue weighted by atomic mass is 9.45. The summed E-state index contributed by atoms with van der Waals surface area (Å²) in [6.45, 7) is 9.32. The Bertz CT molecular complexity index is 536. The highest BCUT2D eigenvalue weighted by Gasteiger charge is 2.60. The average molecular weight is 319 g/mol. The molecule has 23 heavy (non-hydrogen) atoms. The smallest absolute Gasteiger partial charge is 0.0628 e. The van der Waals surface area contributed by atoms with E-state index in [1.54, 1.807) is 0 Å². The Labute approximate surface area is 141 Å². The second-order valence-corrected chi connectivity index (χ2v) is 10.1. The van der Waals surface area contributed by atoms with Gasteiger partial charge in [0.15, 0.2) is 0 Å². The quantitative estimate of drug-likeness (QED) is 0.654. The minimum absolute atomic E-state index is 0.0755. The van der Waals surface area contributed by atoms with E-state index < -0.39 is 0 Å². The van der Waals surface area contributed by atoms with Crippen LogP contribution in [0.2, 0.25) is 0 Å². The molecule has 2 N–H and O–H groups in total. The SMILES string of the molecule is CC1(C)C2=CC[C@H]3[C@@H]4CC[C@H](O)[C@@]4(C)CC[C@@H]3[C@@]2(C)CC[C@@H]1O. The van der Waals surface area contributed by atoms with Gasteiger partial charge in [-0.2, -0.15) is 0 Å². The molecular weight excluding hydrogens is 284 g/mol. The molecule has 0 aliphatic heterocycles. The first kappa shape index (κ1) is 16.1. The predicted molar refractivity (Wildman–Crippen MR) is 92.9 cm³/mol. The molecule has 2 heteroatoms. The molecule has 3 saturated carbocycles. The monoisotopic (exact) mass is 318 g/mol. The fraction of sp³-hybridized carbons (Fsp3) is 0.905. The Morgan fingerprint density at radius 1 is 0.870 bits per heavy atom.